The summed E-state index contributed by atoms with van der Waals surface area (Å²) in [6, 6.07) is 2.73. The summed E-state index contributed by atoms with van der Waals surface area (Å²) in [7, 11) is 0. The van der Waals surface area contributed by atoms with Gasteiger partial charge in [0.15, 0.2) is 34.5 Å². The monoisotopic (exact) mass is 414 g/mol. The summed E-state index contributed by atoms with van der Waals surface area (Å²) in [5, 5.41) is 55.4. The number of aromatic hydroxyl groups is 6. The Morgan fingerprint density at radius 2 is 0.821 bits per heavy atom. The molecule has 6 N–H and O–H groups in total. The molecule has 0 unspecified atom stereocenters. The summed E-state index contributed by atoms with van der Waals surface area (Å²) in [4.78, 5) is 34.8. The van der Waals surface area contributed by atoms with E-state index in [0.29, 0.717) is 24.3 Å². The molecular formula is C15H12Na2O11. The Bertz CT molecular complexity index is 807. The average molecular weight is 414 g/mol. The van der Waals surface area contributed by atoms with Crippen LogP contribution >= 0.6 is 0 Å². The maximum atomic E-state index is 11.7. The minimum absolute atomic E-state index is 0. The number of carbonyl (C=O) groups excluding carboxylic acids is 3. The van der Waals surface area contributed by atoms with Gasteiger partial charge in [0, 0.05) is 0 Å². The van der Waals surface area contributed by atoms with Crippen LogP contribution in [0, 0.1) is 0 Å². The van der Waals surface area contributed by atoms with E-state index in [1.807, 2.05) is 0 Å². The van der Waals surface area contributed by atoms with Crippen LogP contribution in [0.3, 0.4) is 0 Å². The summed E-state index contributed by atoms with van der Waals surface area (Å²) in [5.41, 5.74) is -1.08. The van der Waals surface area contributed by atoms with E-state index in [1.54, 1.807) is 0 Å². The van der Waals surface area contributed by atoms with Crippen LogP contribution in [-0.2, 0) is 9.47 Å². The van der Waals surface area contributed by atoms with Crippen molar-refractivity contribution in [2.75, 3.05) is 0 Å². The molecule has 0 amide bonds. The Hall–Kier alpha value is -2.15. The van der Waals surface area contributed by atoms with Gasteiger partial charge < -0.3 is 40.1 Å². The quantitative estimate of drug-likeness (QED) is 0.164. The van der Waals surface area contributed by atoms with Crippen molar-refractivity contribution >= 4 is 77.2 Å². The molecule has 0 spiro atoms. The van der Waals surface area contributed by atoms with Crippen molar-refractivity contribution in [3.8, 4) is 34.5 Å². The van der Waals surface area contributed by atoms with Gasteiger partial charge in [0.05, 0.1) is 11.1 Å². The van der Waals surface area contributed by atoms with Crippen LogP contribution in [-0.4, -0.2) is 108 Å². The first-order valence-electron chi connectivity index (χ1n) is 6.58. The molecule has 28 heavy (non-hydrogen) atoms. The molecule has 0 aliphatic carbocycles. The van der Waals surface area contributed by atoms with Crippen molar-refractivity contribution in [2.45, 2.75) is 0 Å². The Balaban J connectivity index is 0.00000364. The van der Waals surface area contributed by atoms with Gasteiger partial charge in [0.25, 0.3) is 0 Å². The molecule has 0 aromatic heterocycles. The molecule has 2 aromatic carbocycles. The molecule has 0 bridgehead atoms. The topological polar surface area (TPSA) is 191 Å². The van der Waals surface area contributed by atoms with Gasteiger partial charge in [-0.2, -0.15) is 0 Å². The molecule has 0 radical (unpaired) electrons. The molecule has 0 saturated carbocycles. The van der Waals surface area contributed by atoms with Gasteiger partial charge in [-0.3, -0.25) is 0 Å². The van der Waals surface area contributed by atoms with Crippen LogP contribution in [0.2, 0.25) is 0 Å². The first kappa shape index (κ1) is 25.9. The van der Waals surface area contributed by atoms with Crippen LogP contribution in [0.15, 0.2) is 24.3 Å². The third-order valence-electron chi connectivity index (χ3n) is 2.96. The van der Waals surface area contributed by atoms with Crippen molar-refractivity contribution in [1.82, 2.24) is 0 Å². The minimum atomic E-state index is -1.79. The first-order chi connectivity index (χ1) is 12.1. The number of phenols is 6. The number of carbonyl (C=O) groups is 3. The van der Waals surface area contributed by atoms with Crippen molar-refractivity contribution in [2.24, 2.45) is 0 Å². The first-order valence-corrected chi connectivity index (χ1v) is 6.58. The third-order valence-corrected chi connectivity index (χ3v) is 2.96. The second-order valence-corrected chi connectivity index (χ2v) is 4.76. The third kappa shape index (κ3) is 5.92. The molecule has 2 aromatic rings. The average Bonchev–Trinajstić information content (AvgIpc) is 2.56. The van der Waals surface area contributed by atoms with Crippen LogP contribution in [0.25, 0.3) is 0 Å². The molecule has 0 aliphatic heterocycles. The van der Waals surface area contributed by atoms with Gasteiger partial charge in [-0.1, -0.05) is 0 Å². The second kappa shape index (κ2) is 10.4. The van der Waals surface area contributed by atoms with E-state index < -0.39 is 63.7 Å². The molecule has 0 heterocycles. The summed E-state index contributed by atoms with van der Waals surface area (Å²) in [6.07, 6.45) is -1.79. The van der Waals surface area contributed by atoms with E-state index in [9.17, 15) is 34.8 Å². The zero-order valence-electron chi connectivity index (χ0n) is 12.5. The van der Waals surface area contributed by atoms with Crippen LogP contribution < -0.4 is 0 Å². The summed E-state index contributed by atoms with van der Waals surface area (Å²) < 4.78 is 8.33. The van der Waals surface area contributed by atoms with E-state index in [2.05, 4.69) is 9.47 Å². The van der Waals surface area contributed by atoms with Gasteiger partial charge >= 0.3 is 77.2 Å². The number of esters is 2. The Morgan fingerprint density at radius 1 is 0.571 bits per heavy atom. The van der Waals surface area contributed by atoms with Crippen molar-refractivity contribution < 1.29 is 54.5 Å². The Kier molecular flexibility index (Phi) is 9.61. The summed E-state index contributed by atoms with van der Waals surface area (Å²) in [6.45, 7) is 0. The summed E-state index contributed by atoms with van der Waals surface area (Å²) in [5.74, 6) is -8.10. The van der Waals surface area contributed by atoms with Gasteiger partial charge in [-0.05, 0) is 24.3 Å². The predicted octanol–water partition coefficient (Wildman–Crippen LogP) is -0.243. The van der Waals surface area contributed by atoms with Crippen LogP contribution in [0.5, 0.6) is 34.5 Å². The Labute approximate surface area is 200 Å². The number of phenolic OH excluding ortho intramolecular Hbond substituents is 6. The fourth-order valence-electron chi connectivity index (χ4n) is 1.73. The van der Waals surface area contributed by atoms with Crippen molar-refractivity contribution in [1.29, 1.82) is 0 Å². The van der Waals surface area contributed by atoms with Gasteiger partial charge in [0.1, 0.15) is 0 Å². The van der Waals surface area contributed by atoms with Gasteiger partial charge in [-0.25, -0.2) is 14.4 Å². The number of hydrogen-bond donors (Lipinski definition) is 6. The molecule has 13 heteroatoms. The molecule has 0 saturated heterocycles. The van der Waals surface area contributed by atoms with Crippen molar-refractivity contribution in [3.05, 3.63) is 35.4 Å². The van der Waals surface area contributed by atoms with Crippen molar-refractivity contribution in [3.63, 3.8) is 0 Å². The van der Waals surface area contributed by atoms with E-state index in [4.69, 9.17) is 10.2 Å². The molecule has 0 fully saturated rings. The molecule has 11 nitrogen and oxygen atoms in total. The molecule has 2 rings (SSSR count). The molecule has 0 atom stereocenters. The Morgan fingerprint density at radius 3 is 1.07 bits per heavy atom. The number of benzene rings is 2. The SMILES string of the molecule is O=C(OC(=O)c1cc(O)c(O)c(O)c1)OC(=O)c1cc(O)c(O)c(O)c1.[NaH].[NaH]. The van der Waals surface area contributed by atoms with Gasteiger partial charge in [-0.15, -0.1) is 0 Å². The maximum absolute atomic E-state index is 11.7. The van der Waals surface area contributed by atoms with E-state index in [-0.39, 0.29) is 59.1 Å². The van der Waals surface area contributed by atoms with E-state index in [0.717, 1.165) is 0 Å². The molecule has 0 aliphatic rings. The van der Waals surface area contributed by atoms with Gasteiger partial charge in [0.2, 0.25) is 0 Å². The number of ether oxygens (including phenoxy) is 2. The fourth-order valence-corrected chi connectivity index (χ4v) is 1.73. The van der Waals surface area contributed by atoms with Crippen LogP contribution in [0.1, 0.15) is 20.7 Å². The number of rotatable bonds is 2. The molecule has 140 valence electrons. The normalized spacial score (nSPS) is 9.43. The second-order valence-electron chi connectivity index (χ2n) is 4.76. The summed E-state index contributed by atoms with van der Waals surface area (Å²) >= 11 is 0. The van der Waals surface area contributed by atoms with Crippen LogP contribution in [0.4, 0.5) is 4.79 Å². The van der Waals surface area contributed by atoms with E-state index in [1.165, 1.54) is 0 Å². The standard InChI is InChI=1S/C15H10O11.2Na.2H/c16-7-1-5(2-8(17)11(7)20)13(22)25-15(24)26-14(23)6-3-9(18)12(21)10(19)4-6;;;;/h1-4,16-21H;;;;. The fraction of sp³-hybridized carbons (Fsp3) is 0. The number of hydrogen-bond acceptors (Lipinski definition) is 11. The zero-order valence-corrected chi connectivity index (χ0v) is 12.5. The molecular weight excluding hydrogens is 402 g/mol. The van der Waals surface area contributed by atoms with E-state index >= 15 is 0 Å². The zero-order chi connectivity index (χ0) is 19.6. The predicted molar refractivity (Wildman–Crippen MR) is 93.4 cm³/mol.